The van der Waals surface area contributed by atoms with Gasteiger partial charge in [-0.05, 0) is 47.2 Å². The maximum atomic E-state index is 11.8. The summed E-state index contributed by atoms with van der Waals surface area (Å²) in [5.74, 6) is -2.11. The largest absolute Gasteiger partial charge is 0.478 e. The lowest BCUT2D eigenvalue weighted by Crippen LogP contribution is -2.13. The van der Waals surface area contributed by atoms with E-state index in [1.54, 1.807) is 0 Å². The fraction of sp³-hybridized carbons (Fsp3) is 0.0909. The zero-order valence-electron chi connectivity index (χ0n) is 14.1. The van der Waals surface area contributed by atoms with Gasteiger partial charge in [0.2, 0.25) is 0 Å². The van der Waals surface area contributed by atoms with Crippen LogP contribution in [-0.2, 0) is 12.8 Å². The van der Waals surface area contributed by atoms with E-state index in [1.807, 2.05) is 60.7 Å². The third-order valence-corrected chi connectivity index (χ3v) is 4.34. The van der Waals surface area contributed by atoms with Crippen molar-refractivity contribution in [2.24, 2.45) is 0 Å². The minimum atomic E-state index is -1.05. The second-order valence-electron chi connectivity index (χ2n) is 6.05. The highest BCUT2D eigenvalue weighted by Gasteiger charge is 2.21. The molecule has 0 spiro atoms. The lowest BCUT2D eigenvalue weighted by atomic mass is 9.88. The van der Waals surface area contributed by atoms with E-state index >= 15 is 0 Å². The lowest BCUT2D eigenvalue weighted by Gasteiger charge is -2.16. The fourth-order valence-corrected chi connectivity index (χ4v) is 3.10. The van der Waals surface area contributed by atoms with Gasteiger partial charge in [-0.3, -0.25) is 0 Å². The van der Waals surface area contributed by atoms with Gasteiger partial charge in [-0.2, -0.15) is 0 Å². The van der Waals surface area contributed by atoms with Gasteiger partial charge in [-0.15, -0.1) is 0 Å². The van der Waals surface area contributed by atoms with E-state index in [0.29, 0.717) is 24.0 Å². The molecular weight excluding hydrogens is 328 g/mol. The zero-order chi connectivity index (χ0) is 18.5. The van der Waals surface area contributed by atoms with Gasteiger partial charge in [-0.25, -0.2) is 9.59 Å². The average molecular weight is 346 g/mol. The topological polar surface area (TPSA) is 74.6 Å². The summed E-state index contributed by atoms with van der Waals surface area (Å²) in [6, 6.07) is 21.7. The van der Waals surface area contributed by atoms with Gasteiger partial charge >= 0.3 is 11.9 Å². The molecule has 0 aliphatic rings. The number of carboxylic acids is 2. The Morgan fingerprint density at radius 1 is 0.577 bits per heavy atom. The summed E-state index contributed by atoms with van der Waals surface area (Å²) in [7, 11) is 0. The number of rotatable bonds is 6. The summed E-state index contributed by atoms with van der Waals surface area (Å²) < 4.78 is 0. The Kier molecular flexibility index (Phi) is 5.13. The van der Waals surface area contributed by atoms with Crippen LogP contribution in [0.4, 0.5) is 0 Å². The molecule has 0 amide bonds. The van der Waals surface area contributed by atoms with Crippen LogP contribution in [0.25, 0.3) is 0 Å². The molecule has 3 aromatic rings. The molecule has 2 N–H and O–H groups in total. The summed E-state index contributed by atoms with van der Waals surface area (Å²) >= 11 is 0. The molecule has 0 aliphatic carbocycles. The Hall–Kier alpha value is -3.40. The number of carbonyl (C=O) groups is 2. The molecule has 0 saturated carbocycles. The normalized spacial score (nSPS) is 10.5. The first-order valence-electron chi connectivity index (χ1n) is 8.25. The average Bonchev–Trinajstić information content (AvgIpc) is 2.64. The van der Waals surface area contributed by atoms with Crippen molar-refractivity contribution < 1.29 is 19.8 Å². The smallest absolute Gasteiger partial charge is 0.335 e. The second kappa shape index (κ2) is 7.66. The van der Waals surface area contributed by atoms with Crippen LogP contribution in [0.3, 0.4) is 0 Å². The van der Waals surface area contributed by atoms with Crippen molar-refractivity contribution in [2.75, 3.05) is 0 Å². The Morgan fingerprint density at radius 2 is 0.923 bits per heavy atom. The Balaban J connectivity index is 2.17. The van der Waals surface area contributed by atoms with E-state index in [2.05, 4.69) is 0 Å². The van der Waals surface area contributed by atoms with Crippen molar-refractivity contribution in [3.63, 3.8) is 0 Å². The van der Waals surface area contributed by atoms with E-state index in [4.69, 9.17) is 0 Å². The lowest BCUT2D eigenvalue weighted by molar-refractivity contribution is 0.0679. The maximum Gasteiger partial charge on any atom is 0.335 e. The highest BCUT2D eigenvalue weighted by molar-refractivity contribution is 5.95. The monoisotopic (exact) mass is 346 g/mol. The molecule has 0 atom stereocenters. The maximum absolute atomic E-state index is 11.8. The van der Waals surface area contributed by atoms with Crippen molar-refractivity contribution in [1.29, 1.82) is 0 Å². The molecule has 0 fully saturated rings. The molecule has 26 heavy (non-hydrogen) atoms. The van der Waals surface area contributed by atoms with Gasteiger partial charge < -0.3 is 10.2 Å². The molecule has 0 aliphatic heterocycles. The molecule has 3 aromatic carbocycles. The van der Waals surface area contributed by atoms with Crippen molar-refractivity contribution in [2.45, 2.75) is 12.8 Å². The summed E-state index contributed by atoms with van der Waals surface area (Å²) in [5.41, 5.74) is 3.26. The van der Waals surface area contributed by atoms with Crippen LogP contribution in [-0.4, -0.2) is 22.2 Å². The van der Waals surface area contributed by atoms with Gasteiger partial charge in [0.25, 0.3) is 0 Å². The number of benzene rings is 3. The molecule has 3 rings (SSSR count). The SMILES string of the molecule is O=C(O)c1ccc(C(=O)O)c(Cc2ccccc2)c1Cc1ccccc1. The van der Waals surface area contributed by atoms with E-state index < -0.39 is 11.9 Å². The quantitative estimate of drug-likeness (QED) is 0.699. The standard InChI is InChI=1S/C22H18O4/c23-21(24)17-11-12-18(22(25)26)20(14-16-9-5-2-6-10-16)19(17)13-15-7-3-1-4-8-15/h1-12H,13-14H2,(H,23,24)(H,25,26). The van der Waals surface area contributed by atoms with Crippen LogP contribution >= 0.6 is 0 Å². The van der Waals surface area contributed by atoms with Crippen LogP contribution in [0, 0.1) is 0 Å². The van der Waals surface area contributed by atoms with Crippen LogP contribution in [0.1, 0.15) is 43.0 Å². The van der Waals surface area contributed by atoms with E-state index in [9.17, 15) is 19.8 Å². The van der Waals surface area contributed by atoms with Crippen molar-refractivity contribution >= 4 is 11.9 Å². The third-order valence-electron chi connectivity index (χ3n) is 4.34. The molecule has 0 heterocycles. The predicted molar refractivity (Wildman–Crippen MR) is 98.9 cm³/mol. The first-order valence-corrected chi connectivity index (χ1v) is 8.25. The highest BCUT2D eigenvalue weighted by Crippen LogP contribution is 2.26. The molecular formula is C22H18O4. The van der Waals surface area contributed by atoms with Crippen LogP contribution in [0.2, 0.25) is 0 Å². The number of carboxylic acid groups (broad SMARTS) is 2. The minimum Gasteiger partial charge on any atom is -0.478 e. The van der Waals surface area contributed by atoms with Crippen molar-refractivity contribution in [3.8, 4) is 0 Å². The second-order valence-corrected chi connectivity index (χ2v) is 6.05. The first-order chi connectivity index (χ1) is 12.6. The van der Waals surface area contributed by atoms with Gasteiger partial charge in [0, 0.05) is 0 Å². The highest BCUT2D eigenvalue weighted by atomic mass is 16.4. The van der Waals surface area contributed by atoms with Crippen LogP contribution < -0.4 is 0 Å². The molecule has 0 radical (unpaired) electrons. The van der Waals surface area contributed by atoms with Crippen LogP contribution in [0.5, 0.6) is 0 Å². The molecule has 0 unspecified atom stereocenters. The van der Waals surface area contributed by atoms with Gasteiger partial charge in [-0.1, -0.05) is 60.7 Å². The molecule has 0 bridgehead atoms. The van der Waals surface area contributed by atoms with Gasteiger partial charge in [0.15, 0.2) is 0 Å². The van der Waals surface area contributed by atoms with E-state index in [0.717, 1.165) is 11.1 Å². The first kappa shape index (κ1) is 17.4. The van der Waals surface area contributed by atoms with E-state index in [-0.39, 0.29) is 11.1 Å². The predicted octanol–water partition coefficient (Wildman–Crippen LogP) is 4.26. The molecule has 4 nitrogen and oxygen atoms in total. The summed E-state index contributed by atoms with van der Waals surface area (Å²) in [4.78, 5) is 23.5. The van der Waals surface area contributed by atoms with Gasteiger partial charge in [0.05, 0.1) is 11.1 Å². The zero-order valence-corrected chi connectivity index (χ0v) is 14.1. The summed E-state index contributed by atoms with van der Waals surface area (Å²) in [6.07, 6.45) is 0.734. The molecule has 130 valence electrons. The Morgan fingerprint density at radius 3 is 1.23 bits per heavy atom. The molecule has 0 saturated heterocycles. The van der Waals surface area contributed by atoms with Crippen molar-refractivity contribution in [3.05, 3.63) is 106 Å². The third kappa shape index (κ3) is 3.81. The molecule has 4 heteroatoms. The minimum absolute atomic E-state index is 0.143. The Labute approximate surface area is 151 Å². The van der Waals surface area contributed by atoms with E-state index in [1.165, 1.54) is 12.1 Å². The number of hydrogen-bond acceptors (Lipinski definition) is 2. The number of aromatic carboxylic acids is 2. The van der Waals surface area contributed by atoms with Crippen molar-refractivity contribution in [1.82, 2.24) is 0 Å². The van der Waals surface area contributed by atoms with Crippen LogP contribution in [0.15, 0.2) is 72.8 Å². The number of hydrogen-bond donors (Lipinski definition) is 2. The molecule has 0 aromatic heterocycles. The summed E-state index contributed by atoms with van der Waals surface area (Å²) in [5, 5.41) is 19.2. The Bertz CT molecular complexity index is 853. The fourth-order valence-electron chi connectivity index (χ4n) is 3.10. The summed E-state index contributed by atoms with van der Waals surface area (Å²) in [6.45, 7) is 0. The van der Waals surface area contributed by atoms with Gasteiger partial charge in [0.1, 0.15) is 0 Å².